The normalized spacial score (nSPS) is 10.4. The van der Waals surface area contributed by atoms with Gasteiger partial charge in [-0.25, -0.2) is 0 Å². The second-order valence-electron chi connectivity index (χ2n) is 3.42. The minimum absolute atomic E-state index is 1.07. The minimum Gasteiger partial charge on any atom is -0.0984 e. The number of hydrogen-bond donors (Lipinski definition) is 0. The van der Waals surface area contributed by atoms with E-state index in [-0.39, 0.29) is 0 Å². The third-order valence-corrected chi connectivity index (χ3v) is 2.62. The molecule has 0 spiro atoms. The van der Waals surface area contributed by atoms with Crippen molar-refractivity contribution in [3.63, 3.8) is 0 Å². The monoisotopic (exact) mass is 182 g/mol. The molecule has 0 heterocycles. The summed E-state index contributed by atoms with van der Waals surface area (Å²) in [6.07, 6.45) is 3.00. The van der Waals surface area contributed by atoms with Gasteiger partial charge in [0.05, 0.1) is 0 Å². The van der Waals surface area contributed by atoms with Crippen LogP contribution in [0.25, 0.3) is 16.8 Å². The van der Waals surface area contributed by atoms with Crippen molar-refractivity contribution in [3.8, 4) is 0 Å². The van der Waals surface area contributed by atoms with E-state index in [1.54, 1.807) is 0 Å². The van der Waals surface area contributed by atoms with Crippen molar-refractivity contribution in [2.45, 2.75) is 13.3 Å². The number of hydrogen-bond acceptors (Lipinski definition) is 0. The maximum absolute atomic E-state index is 3.86. The molecule has 0 radical (unpaired) electrons. The van der Waals surface area contributed by atoms with Gasteiger partial charge in [0, 0.05) is 0 Å². The van der Waals surface area contributed by atoms with Gasteiger partial charge in [-0.3, -0.25) is 0 Å². The zero-order valence-corrected chi connectivity index (χ0v) is 8.46. The summed E-state index contributed by atoms with van der Waals surface area (Å²) < 4.78 is 0. The molecule has 0 nitrogen and oxygen atoms in total. The molecule has 0 heteroatoms. The van der Waals surface area contributed by atoms with E-state index in [0.717, 1.165) is 6.42 Å². The lowest BCUT2D eigenvalue weighted by Gasteiger charge is -2.07. The van der Waals surface area contributed by atoms with Gasteiger partial charge in [0.1, 0.15) is 0 Å². The van der Waals surface area contributed by atoms with Crippen LogP contribution in [0.3, 0.4) is 0 Å². The quantitative estimate of drug-likeness (QED) is 0.657. The molecule has 0 aliphatic heterocycles. The maximum atomic E-state index is 3.86. The smallest absolute Gasteiger partial charge is 0.00797 e. The highest BCUT2D eigenvalue weighted by molar-refractivity contribution is 5.93. The van der Waals surface area contributed by atoms with Crippen LogP contribution in [0.15, 0.2) is 43.0 Å². The van der Waals surface area contributed by atoms with Crippen LogP contribution >= 0.6 is 0 Å². The topological polar surface area (TPSA) is 0 Å². The predicted octanol–water partition coefficient (Wildman–Crippen LogP) is 4.05. The van der Waals surface area contributed by atoms with E-state index in [9.17, 15) is 0 Å². The van der Waals surface area contributed by atoms with Crippen LogP contribution in [0.2, 0.25) is 0 Å². The Balaban J connectivity index is 2.88. The average Bonchev–Trinajstić information content (AvgIpc) is 2.27. The van der Waals surface area contributed by atoms with E-state index in [1.807, 2.05) is 6.08 Å². The Morgan fingerprint density at radius 1 is 1.14 bits per heavy atom. The molecule has 0 amide bonds. The van der Waals surface area contributed by atoms with Crippen LogP contribution in [0.4, 0.5) is 0 Å². The fourth-order valence-electron chi connectivity index (χ4n) is 1.91. The molecule has 0 bridgehead atoms. The van der Waals surface area contributed by atoms with Crippen molar-refractivity contribution < 1.29 is 0 Å². The second-order valence-corrected chi connectivity index (χ2v) is 3.42. The minimum atomic E-state index is 1.07. The van der Waals surface area contributed by atoms with Gasteiger partial charge in [-0.1, -0.05) is 56.0 Å². The summed E-state index contributed by atoms with van der Waals surface area (Å²) in [6.45, 7) is 6.05. The third-order valence-electron chi connectivity index (χ3n) is 2.62. The van der Waals surface area contributed by atoms with Crippen molar-refractivity contribution in [2.24, 2.45) is 0 Å². The molecule has 0 saturated heterocycles. The molecule has 2 rings (SSSR count). The summed E-state index contributed by atoms with van der Waals surface area (Å²) in [5.41, 5.74) is 2.64. The van der Waals surface area contributed by atoms with Crippen LogP contribution in [-0.4, -0.2) is 0 Å². The van der Waals surface area contributed by atoms with Crippen LogP contribution < -0.4 is 0 Å². The van der Waals surface area contributed by atoms with E-state index in [2.05, 4.69) is 49.9 Å². The molecule has 0 atom stereocenters. The molecule has 2 aromatic rings. The average molecular weight is 182 g/mol. The zero-order valence-electron chi connectivity index (χ0n) is 8.46. The van der Waals surface area contributed by atoms with Crippen molar-refractivity contribution in [1.29, 1.82) is 0 Å². The third kappa shape index (κ3) is 1.33. The molecule has 0 aliphatic carbocycles. The molecule has 14 heavy (non-hydrogen) atoms. The van der Waals surface area contributed by atoms with Gasteiger partial charge in [-0.2, -0.15) is 0 Å². The molecule has 0 aromatic heterocycles. The number of rotatable bonds is 2. The molecule has 0 aliphatic rings. The maximum Gasteiger partial charge on any atom is -0.00797 e. The van der Waals surface area contributed by atoms with Gasteiger partial charge >= 0.3 is 0 Å². The highest BCUT2D eigenvalue weighted by atomic mass is 14.1. The highest BCUT2D eigenvalue weighted by Crippen LogP contribution is 2.24. The molecule has 0 saturated carbocycles. The number of benzene rings is 2. The molecular weight excluding hydrogens is 168 g/mol. The fourth-order valence-corrected chi connectivity index (χ4v) is 1.91. The predicted molar refractivity (Wildman–Crippen MR) is 63.4 cm³/mol. The number of aryl methyl sites for hydroxylation is 1. The van der Waals surface area contributed by atoms with Crippen LogP contribution in [0, 0.1) is 0 Å². The van der Waals surface area contributed by atoms with Gasteiger partial charge in [0.2, 0.25) is 0 Å². The Morgan fingerprint density at radius 2 is 1.86 bits per heavy atom. The number of fused-ring (bicyclic) bond motifs is 1. The Hall–Kier alpha value is -1.56. The SMILES string of the molecule is C=Cc1cccc2cccc(CC)c12. The first-order chi connectivity index (χ1) is 6.86. The van der Waals surface area contributed by atoms with Gasteiger partial charge in [-0.05, 0) is 28.3 Å². The molecule has 70 valence electrons. The van der Waals surface area contributed by atoms with Crippen molar-refractivity contribution in [2.75, 3.05) is 0 Å². The van der Waals surface area contributed by atoms with E-state index >= 15 is 0 Å². The summed E-state index contributed by atoms with van der Waals surface area (Å²) in [6, 6.07) is 12.8. The fraction of sp³-hybridized carbons (Fsp3) is 0.143. The Morgan fingerprint density at radius 3 is 2.50 bits per heavy atom. The lowest BCUT2D eigenvalue weighted by Crippen LogP contribution is -1.86. The van der Waals surface area contributed by atoms with E-state index in [1.165, 1.54) is 21.9 Å². The molecule has 0 unspecified atom stereocenters. The van der Waals surface area contributed by atoms with Crippen molar-refractivity contribution in [3.05, 3.63) is 54.1 Å². The van der Waals surface area contributed by atoms with Crippen LogP contribution in [0.5, 0.6) is 0 Å². The van der Waals surface area contributed by atoms with E-state index in [0.29, 0.717) is 0 Å². The molecule has 0 fully saturated rings. The first-order valence-electron chi connectivity index (χ1n) is 5.00. The Labute approximate surface area is 84.9 Å². The molecule has 2 aromatic carbocycles. The summed E-state index contributed by atoms with van der Waals surface area (Å²) in [4.78, 5) is 0. The molecular formula is C14H14. The van der Waals surface area contributed by atoms with Gasteiger partial charge in [0.15, 0.2) is 0 Å². The Kier molecular flexibility index (Phi) is 2.36. The van der Waals surface area contributed by atoms with Gasteiger partial charge in [-0.15, -0.1) is 0 Å². The second kappa shape index (κ2) is 3.67. The van der Waals surface area contributed by atoms with E-state index in [4.69, 9.17) is 0 Å². The van der Waals surface area contributed by atoms with Crippen molar-refractivity contribution >= 4 is 16.8 Å². The van der Waals surface area contributed by atoms with Gasteiger partial charge in [0.25, 0.3) is 0 Å². The van der Waals surface area contributed by atoms with E-state index < -0.39 is 0 Å². The van der Waals surface area contributed by atoms with Crippen LogP contribution in [0.1, 0.15) is 18.1 Å². The van der Waals surface area contributed by atoms with Crippen molar-refractivity contribution in [1.82, 2.24) is 0 Å². The molecule has 0 N–H and O–H groups in total. The summed E-state index contributed by atoms with van der Waals surface area (Å²) >= 11 is 0. The first kappa shape index (κ1) is 9.01. The van der Waals surface area contributed by atoms with Gasteiger partial charge < -0.3 is 0 Å². The first-order valence-corrected chi connectivity index (χ1v) is 5.00. The summed E-state index contributed by atoms with van der Waals surface area (Å²) in [7, 11) is 0. The lowest BCUT2D eigenvalue weighted by molar-refractivity contribution is 1.16. The summed E-state index contributed by atoms with van der Waals surface area (Å²) in [5, 5.41) is 2.66. The largest absolute Gasteiger partial charge is 0.0984 e. The highest BCUT2D eigenvalue weighted by Gasteiger charge is 2.01. The lowest BCUT2D eigenvalue weighted by atomic mass is 9.98. The zero-order chi connectivity index (χ0) is 9.97. The van der Waals surface area contributed by atoms with Crippen LogP contribution in [-0.2, 0) is 6.42 Å². The standard InChI is InChI=1S/C14H14/c1-3-11-7-5-9-13-10-6-8-12(4-2)14(11)13/h3,5-10H,1,4H2,2H3. The summed E-state index contributed by atoms with van der Waals surface area (Å²) in [5.74, 6) is 0. The Bertz CT molecular complexity index is 461.